The summed E-state index contributed by atoms with van der Waals surface area (Å²) in [7, 11) is 3.05. The third-order valence-electron chi connectivity index (χ3n) is 3.11. The molecule has 0 bridgehead atoms. The summed E-state index contributed by atoms with van der Waals surface area (Å²) >= 11 is 1.21. The van der Waals surface area contributed by atoms with Crippen molar-refractivity contribution in [3.63, 3.8) is 0 Å². The van der Waals surface area contributed by atoms with Crippen LogP contribution in [0.15, 0.2) is 11.4 Å². The first kappa shape index (κ1) is 16.6. The second-order valence-corrected chi connectivity index (χ2v) is 5.95. The zero-order chi connectivity index (χ0) is 15.3. The Labute approximate surface area is 122 Å². The molecular weight excluding hydrogens is 280 g/mol. The molecule has 0 spiro atoms. The highest BCUT2D eigenvalue weighted by Gasteiger charge is 2.25. The smallest absolute Gasteiger partial charge is 0.350 e. The summed E-state index contributed by atoms with van der Waals surface area (Å²) in [5.41, 5.74) is -0.0426. The van der Waals surface area contributed by atoms with E-state index in [1.807, 2.05) is 13.8 Å². The number of ether oxygens (including phenoxy) is 1. The van der Waals surface area contributed by atoms with E-state index >= 15 is 0 Å². The first-order valence-corrected chi connectivity index (χ1v) is 6.97. The van der Waals surface area contributed by atoms with Gasteiger partial charge in [-0.05, 0) is 32.3 Å². The number of thiophene rings is 1. The van der Waals surface area contributed by atoms with Crippen LogP contribution in [-0.4, -0.2) is 54.7 Å². The van der Waals surface area contributed by atoms with Gasteiger partial charge in [0.15, 0.2) is 0 Å². The highest BCUT2D eigenvalue weighted by molar-refractivity contribution is 7.12. The number of carbonyl (C=O) groups excluding carboxylic acids is 2. The number of amides is 1. The second-order valence-electron chi connectivity index (χ2n) is 5.03. The molecule has 0 saturated heterocycles. The molecule has 0 aromatic carbocycles. The molecule has 112 valence electrons. The topological polar surface area (TPSA) is 78.9 Å². The van der Waals surface area contributed by atoms with Crippen molar-refractivity contribution < 1.29 is 19.4 Å². The molecular formula is C13H20N2O4S. The minimum Gasteiger partial charge on any atom is -0.465 e. The summed E-state index contributed by atoms with van der Waals surface area (Å²) in [5, 5.41) is 13.6. The molecule has 7 heteroatoms. The standard InChI is InChI=1S/C13H20N2O4S/c1-13(2,8-16)15(3)7-10(17)14-9-5-6-20-11(9)12(18)19-4/h5-6,16H,7-8H2,1-4H3,(H,14,17). The number of anilines is 1. The van der Waals surface area contributed by atoms with Crippen LogP contribution >= 0.6 is 11.3 Å². The second kappa shape index (κ2) is 6.83. The molecule has 1 rings (SSSR count). The number of aliphatic hydroxyl groups is 1. The van der Waals surface area contributed by atoms with Gasteiger partial charge in [0.25, 0.3) is 0 Å². The molecule has 2 N–H and O–H groups in total. The maximum Gasteiger partial charge on any atom is 0.350 e. The lowest BCUT2D eigenvalue weighted by Gasteiger charge is -2.33. The SMILES string of the molecule is COC(=O)c1sccc1NC(=O)CN(C)C(C)(C)CO. The van der Waals surface area contributed by atoms with Crippen LogP contribution in [0.25, 0.3) is 0 Å². The Balaban J connectivity index is 2.68. The Bertz CT molecular complexity index is 484. The molecule has 0 aliphatic rings. The first-order chi connectivity index (χ1) is 9.31. The molecule has 20 heavy (non-hydrogen) atoms. The summed E-state index contributed by atoms with van der Waals surface area (Å²) in [6, 6.07) is 1.66. The molecule has 0 unspecified atom stereocenters. The average Bonchev–Trinajstić information content (AvgIpc) is 2.85. The molecule has 1 heterocycles. The van der Waals surface area contributed by atoms with Crippen LogP contribution in [-0.2, 0) is 9.53 Å². The molecule has 1 aromatic heterocycles. The number of hydrogen-bond acceptors (Lipinski definition) is 6. The maximum atomic E-state index is 12.0. The van der Waals surface area contributed by atoms with Crippen molar-refractivity contribution in [3.8, 4) is 0 Å². The monoisotopic (exact) mass is 300 g/mol. The minimum absolute atomic E-state index is 0.0529. The van der Waals surface area contributed by atoms with Crippen molar-refractivity contribution >= 4 is 28.9 Å². The van der Waals surface area contributed by atoms with Crippen LogP contribution in [0.4, 0.5) is 5.69 Å². The molecule has 0 aliphatic heterocycles. The molecule has 0 radical (unpaired) electrons. The van der Waals surface area contributed by atoms with Gasteiger partial charge in [0, 0.05) is 5.54 Å². The molecule has 1 amide bonds. The highest BCUT2D eigenvalue weighted by atomic mass is 32.1. The van der Waals surface area contributed by atoms with Crippen molar-refractivity contribution in [3.05, 3.63) is 16.3 Å². The Kier molecular flexibility index (Phi) is 5.67. The average molecular weight is 300 g/mol. The maximum absolute atomic E-state index is 12.0. The van der Waals surface area contributed by atoms with Crippen molar-refractivity contribution in [2.24, 2.45) is 0 Å². The van der Waals surface area contributed by atoms with Crippen molar-refractivity contribution in [2.45, 2.75) is 19.4 Å². The van der Waals surface area contributed by atoms with Crippen LogP contribution in [0.3, 0.4) is 0 Å². The number of likely N-dealkylation sites (N-methyl/N-ethyl adjacent to an activating group) is 1. The van der Waals surface area contributed by atoms with E-state index in [4.69, 9.17) is 0 Å². The number of nitrogens with one attached hydrogen (secondary N) is 1. The summed E-state index contributed by atoms with van der Waals surface area (Å²) in [4.78, 5) is 25.6. The molecule has 0 aliphatic carbocycles. The quantitative estimate of drug-likeness (QED) is 0.771. The van der Waals surface area contributed by atoms with Crippen molar-refractivity contribution in [1.82, 2.24) is 4.90 Å². The first-order valence-electron chi connectivity index (χ1n) is 6.09. The fourth-order valence-corrected chi connectivity index (χ4v) is 2.16. The Hall–Kier alpha value is -1.44. The Morgan fingerprint density at radius 3 is 2.70 bits per heavy atom. The fourth-order valence-electron chi connectivity index (χ4n) is 1.40. The van der Waals surface area contributed by atoms with E-state index in [-0.39, 0.29) is 19.1 Å². The number of esters is 1. The summed E-state index contributed by atoms with van der Waals surface area (Å²) in [5.74, 6) is -0.725. The van der Waals surface area contributed by atoms with Gasteiger partial charge in [0.1, 0.15) is 4.88 Å². The van der Waals surface area contributed by atoms with Gasteiger partial charge in [-0.15, -0.1) is 11.3 Å². The van der Waals surface area contributed by atoms with Gasteiger partial charge in [-0.2, -0.15) is 0 Å². The largest absolute Gasteiger partial charge is 0.465 e. The van der Waals surface area contributed by atoms with Gasteiger partial charge in [0.05, 0.1) is 25.9 Å². The predicted molar refractivity (Wildman–Crippen MR) is 78.1 cm³/mol. The molecule has 0 saturated carbocycles. The van der Waals surface area contributed by atoms with E-state index in [0.29, 0.717) is 10.6 Å². The van der Waals surface area contributed by atoms with E-state index in [1.165, 1.54) is 18.4 Å². The van der Waals surface area contributed by atoms with Gasteiger partial charge < -0.3 is 15.2 Å². The van der Waals surface area contributed by atoms with E-state index in [2.05, 4.69) is 10.1 Å². The van der Waals surface area contributed by atoms with Gasteiger partial charge >= 0.3 is 5.97 Å². The molecule has 6 nitrogen and oxygen atoms in total. The zero-order valence-electron chi connectivity index (χ0n) is 12.1. The molecule has 0 atom stereocenters. The number of methoxy groups -OCH3 is 1. The third kappa shape index (κ3) is 4.03. The normalized spacial score (nSPS) is 11.5. The van der Waals surface area contributed by atoms with Gasteiger partial charge in [0.2, 0.25) is 5.91 Å². The number of aliphatic hydroxyl groups excluding tert-OH is 1. The minimum atomic E-state index is -0.489. The summed E-state index contributed by atoms with van der Waals surface area (Å²) < 4.78 is 4.65. The number of carbonyl (C=O) groups is 2. The third-order valence-corrected chi connectivity index (χ3v) is 4.01. The van der Waals surface area contributed by atoms with Gasteiger partial charge in [-0.3, -0.25) is 9.69 Å². The fraction of sp³-hybridized carbons (Fsp3) is 0.538. The number of rotatable bonds is 6. The zero-order valence-corrected chi connectivity index (χ0v) is 12.9. The van der Waals surface area contributed by atoms with Crippen LogP contribution in [0.5, 0.6) is 0 Å². The van der Waals surface area contributed by atoms with Crippen LogP contribution in [0, 0.1) is 0 Å². The van der Waals surface area contributed by atoms with E-state index in [0.717, 1.165) is 0 Å². The van der Waals surface area contributed by atoms with Crippen LogP contribution in [0.1, 0.15) is 23.5 Å². The molecule has 1 aromatic rings. The Morgan fingerprint density at radius 1 is 1.50 bits per heavy atom. The van der Waals surface area contributed by atoms with E-state index in [1.54, 1.807) is 23.4 Å². The highest BCUT2D eigenvalue weighted by Crippen LogP contribution is 2.23. The van der Waals surface area contributed by atoms with Crippen molar-refractivity contribution in [2.75, 3.05) is 32.6 Å². The van der Waals surface area contributed by atoms with Crippen LogP contribution < -0.4 is 5.32 Å². The van der Waals surface area contributed by atoms with Gasteiger partial charge in [-0.25, -0.2) is 4.79 Å². The van der Waals surface area contributed by atoms with E-state index in [9.17, 15) is 14.7 Å². The summed E-state index contributed by atoms with van der Waals surface area (Å²) in [6.07, 6.45) is 0. The van der Waals surface area contributed by atoms with Crippen LogP contribution in [0.2, 0.25) is 0 Å². The molecule has 0 fully saturated rings. The lowest BCUT2D eigenvalue weighted by molar-refractivity contribution is -0.118. The lowest BCUT2D eigenvalue weighted by Crippen LogP contribution is -2.47. The number of hydrogen-bond donors (Lipinski definition) is 2. The van der Waals surface area contributed by atoms with Gasteiger partial charge in [-0.1, -0.05) is 0 Å². The van der Waals surface area contributed by atoms with Crippen molar-refractivity contribution in [1.29, 1.82) is 0 Å². The predicted octanol–water partition coefficient (Wildman–Crippen LogP) is 1.18. The Morgan fingerprint density at radius 2 is 2.15 bits per heavy atom. The summed E-state index contributed by atoms with van der Waals surface area (Å²) in [6.45, 7) is 3.74. The van der Waals surface area contributed by atoms with E-state index < -0.39 is 11.5 Å². The number of nitrogens with zero attached hydrogens (tertiary/aromatic N) is 1. The lowest BCUT2D eigenvalue weighted by atomic mass is 10.1.